The van der Waals surface area contributed by atoms with Gasteiger partial charge in [0.25, 0.3) is 11.5 Å². The Kier molecular flexibility index (Phi) is 8.38. The minimum absolute atomic E-state index is 0.0691. The molecular formula is C29H36FN7O3S. The predicted molar refractivity (Wildman–Crippen MR) is 159 cm³/mol. The number of halogens is 1. The highest BCUT2D eigenvalue weighted by atomic mass is 32.2. The number of hydrogen-bond acceptors (Lipinski definition) is 8. The van der Waals surface area contributed by atoms with Crippen LogP contribution < -0.4 is 26.8 Å². The molecule has 5 heterocycles. The Hall–Kier alpha value is -3.25. The van der Waals surface area contributed by atoms with Gasteiger partial charge in [-0.3, -0.25) is 18.7 Å². The molecular weight excluding hydrogens is 545 g/mol. The van der Waals surface area contributed by atoms with Gasteiger partial charge in [0.05, 0.1) is 17.1 Å². The summed E-state index contributed by atoms with van der Waals surface area (Å²) in [5.41, 5.74) is -0.0240. The van der Waals surface area contributed by atoms with Crippen molar-refractivity contribution >= 4 is 34.5 Å². The number of nitrogens with one attached hydrogen (secondary N) is 2. The van der Waals surface area contributed by atoms with E-state index >= 15 is 0 Å². The molecule has 3 aromatic heterocycles. The average molecular weight is 582 g/mol. The van der Waals surface area contributed by atoms with Crippen molar-refractivity contribution < 1.29 is 9.18 Å². The first-order valence-corrected chi connectivity index (χ1v) is 15.8. The minimum atomic E-state index is -0.594. The summed E-state index contributed by atoms with van der Waals surface area (Å²) in [7, 11) is 0. The van der Waals surface area contributed by atoms with Crippen molar-refractivity contribution in [2.45, 2.75) is 63.1 Å². The Morgan fingerprint density at radius 1 is 1.00 bits per heavy atom. The van der Waals surface area contributed by atoms with E-state index in [4.69, 9.17) is 0 Å². The van der Waals surface area contributed by atoms with Crippen molar-refractivity contribution in [3.63, 3.8) is 0 Å². The van der Waals surface area contributed by atoms with E-state index in [1.165, 1.54) is 10.6 Å². The van der Waals surface area contributed by atoms with Crippen molar-refractivity contribution in [1.29, 1.82) is 0 Å². The summed E-state index contributed by atoms with van der Waals surface area (Å²) in [4.78, 5) is 51.6. The van der Waals surface area contributed by atoms with Gasteiger partial charge < -0.3 is 15.5 Å². The standard InChI is InChI=1S/C29H36FN7O3S/c30-19-17-24-26(33-18-19)36(22-8-15-41-16-9-22)29(40)37(28(24)39)21-6-4-20(5-7-21)34-27(38)23-3-1-11-32-25(23)35-13-2-10-31-12-14-35/h1,3,11,17-18,20-22,31H,2,4-10,12-16H2,(H,34,38). The van der Waals surface area contributed by atoms with Crippen molar-refractivity contribution in [3.8, 4) is 0 Å². The molecule has 1 amide bonds. The molecule has 12 heteroatoms. The van der Waals surface area contributed by atoms with Gasteiger partial charge in [-0.05, 0) is 81.2 Å². The molecule has 0 spiro atoms. The Bertz CT molecular complexity index is 1520. The van der Waals surface area contributed by atoms with Crippen LogP contribution in [0.1, 0.15) is 67.4 Å². The van der Waals surface area contributed by atoms with Crippen LogP contribution in [0.25, 0.3) is 11.0 Å². The van der Waals surface area contributed by atoms with E-state index in [9.17, 15) is 18.8 Å². The predicted octanol–water partition coefficient (Wildman–Crippen LogP) is 2.87. The lowest BCUT2D eigenvalue weighted by Crippen LogP contribution is -2.46. The van der Waals surface area contributed by atoms with Crippen LogP contribution in [-0.2, 0) is 0 Å². The number of rotatable bonds is 5. The maximum Gasteiger partial charge on any atom is 0.333 e. The van der Waals surface area contributed by atoms with Gasteiger partial charge in [0.15, 0.2) is 0 Å². The Labute approximate surface area is 241 Å². The fourth-order valence-electron chi connectivity index (χ4n) is 6.42. The third-order valence-corrected chi connectivity index (χ3v) is 9.60. The summed E-state index contributed by atoms with van der Waals surface area (Å²) in [6.07, 6.45) is 7.77. The van der Waals surface area contributed by atoms with E-state index in [2.05, 4.69) is 25.5 Å². The first-order chi connectivity index (χ1) is 20.0. The van der Waals surface area contributed by atoms with E-state index in [-0.39, 0.29) is 40.8 Å². The number of carbonyl (C=O) groups is 1. The minimum Gasteiger partial charge on any atom is -0.355 e. The highest BCUT2D eigenvalue weighted by molar-refractivity contribution is 7.99. The highest BCUT2D eigenvalue weighted by Crippen LogP contribution is 2.30. The fraction of sp³-hybridized carbons (Fsp3) is 0.552. The highest BCUT2D eigenvalue weighted by Gasteiger charge is 2.30. The number of hydrogen-bond donors (Lipinski definition) is 2. The molecule has 2 aliphatic heterocycles. The number of pyridine rings is 2. The zero-order valence-electron chi connectivity index (χ0n) is 23.1. The molecule has 1 aliphatic carbocycles. The lowest BCUT2D eigenvalue weighted by Gasteiger charge is -2.32. The molecule has 10 nitrogen and oxygen atoms in total. The third kappa shape index (κ3) is 5.76. The number of thioether (sulfide) groups is 1. The molecule has 41 heavy (non-hydrogen) atoms. The summed E-state index contributed by atoms with van der Waals surface area (Å²) in [6, 6.07) is 4.33. The van der Waals surface area contributed by atoms with Crippen molar-refractivity contribution in [1.82, 2.24) is 29.7 Å². The largest absolute Gasteiger partial charge is 0.355 e. The van der Waals surface area contributed by atoms with E-state index in [1.807, 2.05) is 17.8 Å². The third-order valence-electron chi connectivity index (χ3n) is 8.55. The van der Waals surface area contributed by atoms with Gasteiger partial charge >= 0.3 is 5.69 Å². The topological polar surface area (TPSA) is 114 Å². The summed E-state index contributed by atoms with van der Waals surface area (Å²) in [6.45, 7) is 3.43. The smallest absolute Gasteiger partial charge is 0.333 e. The van der Waals surface area contributed by atoms with Gasteiger partial charge in [-0.2, -0.15) is 11.8 Å². The van der Waals surface area contributed by atoms with Gasteiger partial charge in [-0.15, -0.1) is 0 Å². The Morgan fingerprint density at radius 2 is 1.78 bits per heavy atom. The van der Waals surface area contributed by atoms with E-state index in [1.54, 1.807) is 16.8 Å². The maximum absolute atomic E-state index is 14.2. The number of amides is 1. The van der Waals surface area contributed by atoms with Crippen molar-refractivity contribution in [2.24, 2.45) is 0 Å². The molecule has 0 unspecified atom stereocenters. The van der Waals surface area contributed by atoms with Crippen molar-refractivity contribution in [2.75, 3.05) is 42.6 Å². The normalized spacial score (nSPS) is 22.4. The van der Waals surface area contributed by atoms with E-state index in [0.717, 1.165) is 63.1 Å². The number of anilines is 1. The molecule has 2 saturated heterocycles. The zero-order chi connectivity index (χ0) is 28.3. The monoisotopic (exact) mass is 581 g/mol. The maximum atomic E-state index is 14.2. The average Bonchev–Trinajstić information content (AvgIpc) is 3.29. The molecule has 0 atom stereocenters. The van der Waals surface area contributed by atoms with Gasteiger partial charge in [0, 0.05) is 44.0 Å². The van der Waals surface area contributed by atoms with Gasteiger partial charge in [-0.25, -0.2) is 19.2 Å². The van der Waals surface area contributed by atoms with E-state index < -0.39 is 11.4 Å². The van der Waals surface area contributed by atoms with Crippen LogP contribution in [0.4, 0.5) is 10.2 Å². The van der Waals surface area contributed by atoms with Crippen LogP contribution in [-0.4, -0.2) is 68.7 Å². The molecule has 3 aromatic rings. The number of carbonyl (C=O) groups excluding carboxylic acids is 1. The SMILES string of the molecule is O=C(NC1CCC(n2c(=O)c3cc(F)cnc3n(C3CCSCC3)c2=O)CC1)c1cccnc1N1CCCNCC1. The molecule has 3 aliphatic rings. The van der Waals surface area contributed by atoms with Crippen LogP contribution in [0.5, 0.6) is 0 Å². The molecule has 0 aromatic carbocycles. The lowest BCUT2D eigenvalue weighted by molar-refractivity contribution is 0.0922. The molecule has 3 fully saturated rings. The zero-order valence-corrected chi connectivity index (χ0v) is 23.9. The first kappa shape index (κ1) is 27.9. The summed E-state index contributed by atoms with van der Waals surface area (Å²) >= 11 is 1.85. The second-order valence-corrected chi connectivity index (χ2v) is 12.4. The summed E-state index contributed by atoms with van der Waals surface area (Å²) in [5, 5.41) is 6.70. The quantitative estimate of drug-likeness (QED) is 0.473. The van der Waals surface area contributed by atoms with Gasteiger partial charge in [0.1, 0.15) is 17.3 Å². The van der Waals surface area contributed by atoms with Crippen LogP contribution in [0.3, 0.4) is 0 Å². The van der Waals surface area contributed by atoms with Crippen LogP contribution in [0, 0.1) is 5.82 Å². The van der Waals surface area contributed by atoms with Crippen molar-refractivity contribution in [3.05, 3.63) is 62.8 Å². The van der Waals surface area contributed by atoms with Gasteiger partial charge in [0.2, 0.25) is 0 Å². The Morgan fingerprint density at radius 3 is 2.59 bits per heavy atom. The molecule has 0 radical (unpaired) electrons. The van der Waals surface area contributed by atoms with Gasteiger partial charge in [-0.1, -0.05) is 0 Å². The second-order valence-electron chi connectivity index (χ2n) is 11.1. The first-order valence-electron chi connectivity index (χ1n) is 14.6. The number of nitrogens with zero attached hydrogens (tertiary/aromatic N) is 5. The summed E-state index contributed by atoms with van der Waals surface area (Å²) < 4.78 is 17.2. The molecule has 2 N–H and O–H groups in total. The van der Waals surface area contributed by atoms with Crippen LogP contribution >= 0.6 is 11.8 Å². The molecule has 218 valence electrons. The second kappa shape index (κ2) is 12.3. The van der Waals surface area contributed by atoms with Crippen LogP contribution in [0.15, 0.2) is 40.2 Å². The van der Waals surface area contributed by atoms with E-state index in [0.29, 0.717) is 37.1 Å². The lowest BCUT2D eigenvalue weighted by atomic mass is 9.90. The number of aromatic nitrogens is 4. The number of fused-ring (bicyclic) bond motifs is 1. The molecule has 0 bridgehead atoms. The van der Waals surface area contributed by atoms with Crippen LogP contribution in [0.2, 0.25) is 0 Å². The summed E-state index contributed by atoms with van der Waals surface area (Å²) in [5.74, 6) is 1.81. The molecule has 1 saturated carbocycles. The molecule has 6 rings (SSSR count). The Balaban J connectivity index is 1.21. The fourth-order valence-corrected chi connectivity index (χ4v) is 7.51.